The number of hydrogen-bond acceptors (Lipinski definition) is 4. The van der Waals surface area contributed by atoms with Gasteiger partial charge < -0.3 is 19.6 Å². The number of benzene rings is 12. The summed E-state index contributed by atoms with van der Waals surface area (Å²) in [5.41, 5.74) is 31.5. The Balaban J connectivity index is 0.990. The summed E-state index contributed by atoms with van der Waals surface area (Å²) in [7, 11) is 0. The van der Waals surface area contributed by atoms with E-state index in [1.165, 1.54) is 139 Å². The zero-order valence-electron chi connectivity index (χ0n) is 55.2. The maximum Gasteiger partial charge on any atom is 0.252 e. The van der Waals surface area contributed by atoms with E-state index in [1.807, 2.05) is 0 Å². The van der Waals surface area contributed by atoms with Crippen LogP contribution < -0.4 is 52.4 Å². The lowest BCUT2D eigenvalue weighted by Crippen LogP contribution is -2.65. The molecule has 0 spiro atoms. The van der Waals surface area contributed by atoms with Crippen LogP contribution in [0.1, 0.15) is 128 Å². The Morgan fingerprint density at radius 3 is 1.12 bits per heavy atom. The predicted octanol–water partition coefficient (Wildman–Crippen LogP) is 19.0. The van der Waals surface area contributed by atoms with Crippen LogP contribution >= 0.6 is 0 Å². The Hall–Kier alpha value is -9.51. The molecule has 4 heterocycles. The third kappa shape index (κ3) is 8.58. The maximum atomic E-state index is 2.70. The van der Waals surface area contributed by atoms with Crippen molar-refractivity contribution in [3.05, 3.63) is 276 Å². The Bertz CT molecular complexity index is 5030. The highest BCUT2D eigenvalue weighted by atomic mass is 15.2. The zero-order chi connectivity index (χ0) is 63.1. The van der Waals surface area contributed by atoms with Crippen molar-refractivity contribution >= 4 is 136 Å². The molecule has 6 heteroatoms. The normalized spacial score (nSPS) is 15.3. The maximum absolute atomic E-state index is 2.70. The molecule has 0 aromatic heterocycles. The van der Waals surface area contributed by atoms with Gasteiger partial charge in [-0.15, -0.1) is 0 Å². The van der Waals surface area contributed by atoms with Crippen molar-refractivity contribution in [3.63, 3.8) is 0 Å². The number of anilines is 12. The van der Waals surface area contributed by atoms with Crippen molar-refractivity contribution in [2.24, 2.45) is 0 Å². The van der Waals surface area contributed by atoms with Crippen molar-refractivity contribution in [1.82, 2.24) is 0 Å². The number of fused-ring (bicyclic) bond motifs is 8. The topological polar surface area (TPSA) is 13.0 Å². The van der Waals surface area contributed by atoms with Crippen LogP contribution in [0.4, 0.5) is 68.2 Å². The van der Waals surface area contributed by atoms with Crippen LogP contribution in [-0.4, -0.2) is 13.4 Å². The molecule has 1 atom stereocenters. The molecule has 0 bridgehead atoms. The zero-order valence-corrected chi connectivity index (χ0v) is 55.2. The van der Waals surface area contributed by atoms with E-state index in [2.05, 4.69) is 339 Å². The van der Waals surface area contributed by atoms with Gasteiger partial charge in [0, 0.05) is 74.2 Å². The second kappa shape index (κ2) is 20.0. The molecule has 0 saturated carbocycles. The van der Waals surface area contributed by atoms with Gasteiger partial charge in [-0.1, -0.05) is 229 Å². The first-order chi connectivity index (χ1) is 44.2. The van der Waals surface area contributed by atoms with Gasteiger partial charge >= 0.3 is 0 Å². The minimum absolute atomic E-state index is 0.00446. The van der Waals surface area contributed by atoms with E-state index < -0.39 is 0 Å². The first-order valence-corrected chi connectivity index (χ1v) is 33.4. The summed E-state index contributed by atoms with van der Waals surface area (Å²) < 4.78 is 0. The van der Waals surface area contributed by atoms with E-state index in [9.17, 15) is 0 Å². The van der Waals surface area contributed by atoms with Gasteiger partial charge in [0.15, 0.2) is 0 Å². The van der Waals surface area contributed by atoms with Gasteiger partial charge in [0.2, 0.25) is 0 Å². The highest BCUT2D eigenvalue weighted by Crippen LogP contribution is 2.53. The lowest BCUT2D eigenvalue weighted by Gasteiger charge is -2.48. The van der Waals surface area contributed by atoms with Gasteiger partial charge in [-0.3, -0.25) is 0 Å². The molecule has 1 unspecified atom stereocenters. The Kier molecular flexibility index (Phi) is 12.3. The lowest BCUT2D eigenvalue weighted by atomic mass is 9.30. The second-order valence-electron chi connectivity index (χ2n) is 31.0. The number of nitrogens with zero attached hydrogens (tertiary/aromatic N) is 4. The number of para-hydroxylation sites is 5. The highest BCUT2D eigenvalue weighted by molar-refractivity contribution is 7.03. The predicted molar refractivity (Wildman–Crippen MR) is 396 cm³/mol. The monoisotopic (exact) mass is 1190 g/mol. The van der Waals surface area contributed by atoms with Gasteiger partial charge in [0.25, 0.3) is 13.4 Å². The van der Waals surface area contributed by atoms with Crippen molar-refractivity contribution in [2.75, 3.05) is 19.6 Å². The van der Waals surface area contributed by atoms with E-state index in [1.54, 1.807) is 0 Å². The smallest absolute Gasteiger partial charge is 0.252 e. The van der Waals surface area contributed by atoms with Crippen molar-refractivity contribution in [2.45, 2.75) is 117 Å². The molecule has 0 amide bonds. The molecular weight excluding hydrogens is 1110 g/mol. The van der Waals surface area contributed by atoms with Crippen LogP contribution in [0.3, 0.4) is 0 Å². The molecule has 12 aromatic carbocycles. The average molecular weight is 1190 g/mol. The fourth-order valence-corrected chi connectivity index (χ4v) is 16.3. The third-order valence-corrected chi connectivity index (χ3v) is 21.1. The largest absolute Gasteiger partial charge is 0.311 e. The number of hydrogen-bond donors (Lipinski definition) is 0. The van der Waals surface area contributed by atoms with Crippen LogP contribution in [-0.2, 0) is 28.1 Å². The van der Waals surface area contributed by atoms with Crippen LogP contribution in [0.15, 0.2) is 237 Å². The summed E-state index contributed by atoms with van der Waals surface area (Å²) in [6, 6.07) is 92.1. The van der Waals surface area contributed by atoms with Crippen LogP contribution in [0.5, 0.6) is 0 Å². The number of rotatable bonds is 5. The van der Waals surface area contributed by atoms with E-state index in [0.29, 0.717) is 0 Å². The molecule has 5 aliphatic rings. The van der Waals surface area contributed by atoms with Gasteiger partial charge in [0.1, 0.15) is 0 Å². The third-order valence-electron chi connectivity index (χ3n) is 21.1. The molecule has 1 aliphatic carbocycles. The van der Waals surface area contributed by atoms with Crippen molar-refractivity contribution in [3.8, 4) is 0 Å². The molecule has 92 heavy (non-hydrogen) atoms. The van der Waals surface area contributed by atoms with Crippen molar-refractivity contribution in [1.29, 1.82) is 0 Å². The molecule has 17 rings (SSSR count). The first kappa shape index (κ1) is 56.5. The summed E-state index contributed by atoms with van der Waals surface area (Å²) in [6.07, 6.45) is 0.920. The molecule has 448 valence electrons. The summed E-state index contributed by atoms with van der Waals surface area (Å²) in [5.74, 6) is 0.110. The van der Waals surface area contributed by atoms with E-state index in [0.717, 1.165) is 29.2 Å². The lowest BCUT2D eigenvalue weighted by molar-refractivity contribution is 0.588. The van der Waals surface area contributed by atoms with E-state index in [-0.39, 0.29) is 41.0 Å². The molecule has 4 aliphatic heterocycles. The fourth-order valence-electron chi connectivity index (χ4n) is 16.3. The van der Waals surface area contributed by atoms with Gasteiger partial charge in [-0.2, -0.15) is 0 Å². The van der Waals surface area contributed by atoms with Gasteiger partial charge in [0.05, 0.1) is 0 Å². The quantitative estimate of drug-likeness (QED) is 0.126. The Labute approximate surface area is 545 Å². The Morgan fingerprint density at radius 1 is 0.293 bits per heavy atom. The van der Waals surface area contributed by atoms with Crippen LogP contribution in [0.25, 0.3) is 21.5 Å². The first-order valence-electron chi connectivity index (χ1n) is 33.4. The molecule has 12 aromatic rings. The van der Waals surface area contributed by atoms with Gasteiger partial charge in [-0.05, 0) is 212 Å². The summed E-state index contributed by atoms with van der Waals surface area (Å²) in [6.45, 7) is 28.2. The standard InChI is InChI=1S/C86H78B2N4/c1-83(2,3)57-41-54-37-38-55-42-58(84(4,5)6)46-66-65(44-56(43-57)79(54)80(55)66)53-39-40-72-68(45-53)88-70-51-69-73(52-74(70)92(64-33-23-16-24-34-64)78-50-60(86(10,11)12)48-76(82(78)88)90(72)62-29-19-14-20-30-62)91(63-31-21-15-22-32-63)77-49-59(85(7,8)9)47-75-81(77)87(69)67-35-25-26-36-71(67)89(75)61-27-17-13-18-28-61/h13-43,45-52,65H,44H2,1-12H3. The molecule has 4 nitrogen and oxygen atoms in total. The average Bonchev–Trinajstić information content (AvgIpc) is 0.713. The van der Waals surface area contributed by atoms with E-state index >= 15 is 0 Å². The molecule has 0 fully saturated rings. The van der Waals surface area contributed by atoms with Crippen LogP contribution in [0, 0.1) is 0 Å². The minimum atomic E-state index is -0.176. The van der Waals surface area contributed by atoms with Crippen molar-refractivity contribution < 1.29 is 0 Å². The minimum Gasteiger partial charge on any atom is -0.311 e. The molecular formula is C86H78B2N4. The summed E-state index contributed by atoms with van der Waals surface area (Å²) >= 11 is 0. The van der Waals surface area contributed by atoms with Gasteiger partial charge in [-0.25, -0.2) is 0 Å². The molecule has 0 N–H and O–H groups in total. The second-order valence-corrected chi connectivity index (χ2v) is 31.0. The summed E-state index contributed by atoms with van der Waals surface area (Å²) in [5, 5.41) is 5.52. The highest BCUT2D eigenvalue weighted by Gasteiger charge is 2.49. The SMILES string of the molecule is CC(C)(C)c1cc2c3c(c1)N(c1ccccc1)c1cc4c(cc1B3c1ccccc1N2c1ccccc1)B1c2cc(C3Cc5cc(C(C)(C)C)cc6ccc7cc(C(C)(C)C)cc3c7c56)ccc2N(c2ccccc2)c2cc(C(C)(C)C)cc(c21)N4c1ccccc1. The molecule has 0 radical (unpaired) electrons. The molecule has 0 saturated heterocycles. The van der Waals surface area contributed by atoms with E-state index in [4.69, 9.17) is 0 Å². The fraction of sp³-hybridized carbons (Fsp3) is 0.209. The Morgan fingerprint density at radius 2 is 0.663 bits per heavy atom. The van der Waals surface area contributed by atoms with Crippen LogP contribution in [0.2, 0.25) is 0 Å². The summed E-state index contributed by atoms with van der Waals surface area (Å²) in [4.78, 5) is 10.4.